The molecule has 0 unspecified atom stereocenters. The number of anilines is 1. The third-order valence-corrected chi connectivity index (χ3v) is 3.01. The molecule has 1 fully saturated rings. The van der Waals surface area contributed by atoms with Crippen molar-refractivity contribution in [2.45, 2.75) is 19.9 Å². The molecule has 1 aromatic rings. The molecular formula is C13H15FN2O3. The normalized spacial score (nSPS) is 15.6. The predicted octanol–water partition coefficient (Wildman–Crippen LogP) is 2.01. The zero-order valence-electron chi connectivity index (χ0n) is 11.0. The molecule has 102 valence electrons. The number of imide groups is 1. The maximum Gasteiger partial charge on any atom is 0.332 e. The first-order valence-electron chi connectivity index (χ1n) is 5.92. The maximum atomic E-state index is 13.9. The number of urea groups is 1. The maximum absolute atomic E-state index is 13.9. The number of amides is 3. The number of benzene rings is 1. The first-order valence-corrected chi connectivity index (χ1v) is 5.92. The number of rotatable bonds is 3. The van der Waals surface area contributed by atoms with Gasteiger partial charge in [-0.15, -0.1) is 0 Å². The van der Waals surface area contributed by atoms with Crippen molar-refractivity contribution >= 4 is 17.6 Å². The highest BCUT2D eigenvalue weighted by molar-refractivity contribution is 6.19. The van der Waals surface area contributed by atoms with Gasteiger partial charge in [-0.1, -0.05) is 0 Å². The van der Waals surface area contributed by atoms with E-state index in [0.717, 1.165) is 11.0 Å². The van der Waals surface area contributed by atoms with Crippen LogP contribution in [-0.4, -0.2) is 36.5 Å². The molecule has 1 heterocycles. The van der Waals surface area contributed by atoms with Crippen LogP contribution in [0.2, 0.25) is 0 Å². The van der Waals surface area contributed by atoms with Crippen LogP contribution >= 0.6 is 0 Å². The van der Waals surface area contributed by atoms with E-state index in [2.05, 4.69) is 0 Å². The Balaban J connectivity index is 2.37. The summed E-state index contributed by atoms with van der Waals surface area (Å²) < 4.78 is 18.8. The van der Waals surface area contributed by atoms with Crippen LogP contribution in [0, 0.1) is 5.82 Å². The number of hydrogen-bond donors (Lipinski definition) is 0. The van der Waals surface area contributed by atoms with E-state index in [1.54, 1.807) is 13.8 Å². The summed E-state index contributed by atoms with van der Waals surface area (Å²) in [7, 11) is 1.42. The van der Waals surface area contributed by atoms with Gasteiger partial charge in [-0.05, 0) is 26.0 Å². The second-order valence-electron chi connectivity index (χ2n) is 4.55. The lowest BCUT2D eigenvalue weighted by atomic mass is 10.2. The zero-order valence-corrected chi connectivity index (χ0v) is 11.0. The molecule has 0 saturated carbocycles. The quantitative estimate of drug-likeness (QED) is 0.786. The van der Waals surface area contributed by atoms with Crippen molar-refractivity contribution in [3.63, 3.8) is 0 Å². The number of halogens is 1. The van der Waals surface area contributed by atoms with Crippen molar-refractivity contribution in [3.8, 4) is 5.75 Å². The third kappa shape index (κ3) is 2.25. The van der Waals surface area contributed by atoms with Gasteiger partial charge in [-0.2, -0.15) is 0 Å². The molecule has 1 aromatic carbocycles. The Kier molecular flexibility index (Phi) is 3.42. The summed E-state index contributed by atoms with van der Waals surface area (Å²) in [4.78, 5) is 26.2. The van der Waals surface area contributed by atoms with Crippen molar-refractivity contribution in [3.05, 3.63) is 24.0 Å². The summed E-state index contributed by atoms with van der Waals surface area (Å²) >= 11 is 0. The Morgan fingerprint density at radius 3 is 2.47 bits per heavy atom. The van der Waals surface area contributed by atoms with Gasteiger partial charge in [0, 0.05) is 12.1 Å². The van der Waals surface area contributed by atoms with E-state index in [4.69, 9.17) is 4.74 Å². The molecule has 5 nitrogen and oxygen atoms in total. The van der Waals surface area contributed by atoms with Gasteiger partial charge in [0.15, 0.2) is 5.82 Å². The number of methoxy groups -OCH3 is 1. The lowest BCUT2D eigenvalue weighted by Gasteiger charge is -2.20. The minimum Gasteiger partial charge on any atom is -0.497 e. The fraction of sp³-hybridized carbons (Fsp3) is 0.385. The molecule has 3 amide bonds. The Morgan fingerprint density at radius 1 is 1.32 bits per heavy atom. The summed E-state index contributed by atoms with van der Waals surface area (Å²) in [5.41, 5.74) is -0.0426. The van der Waals surface area contributed by atoms with Crippen LogP contribution in [0.4, 0.5) is 14.9 Å². The monoisotopic (exact) mass is 266 g/mol. The van der Waals surface area contributed by atoms with Gasteiger partial charge in [-0.3, -0.25) is 4.79 Å². The fourth-order valence-electron chi connectivity index (χ4n) is 1.96. The Hall–Kier alpha value is -2.11. The summed E-state index contributed by atoms with van der Waals surface area (Å²) in [5, 5.41) is 0. The lowest BCUT2D eigenvalue weighted by molar-refractivity contribution is -0.116. The summed E-state index contributed by atoms with van der Waals surface area (Å²) in [6.07, 6.45) is 0. The van der Waals surface area contributed by atoms with E-state index >= 15 is 0 Å². The smallest absolute Gasteiger partial charge is 0.332 e. The van der Waals surface area contributed by atoms with Gasteiger partial charge in [0.25, 0.3) is 5.91 Å². The van der Waals surface area contributed by atoms with Crippen LogP contribution in [0.5, 0.6) is 5.75 Å². The molecule has 6 heteroatoms. The highest BCUT2D eigenvalue weighted by Crippen LogP contribution is 2.28. The van der Waals surface area contributed by atoms with Crippen molar-refractivity contribution < 1.29 is 18.7 Å². The Bertz CT molecular complexity index is 531. The fourth-order valence-corrected chi connectivity index (χ4v) is 1.96. The van der Waals surface area contributed by atoms with Crippen LogP contribution in [0.15, 0.2) is 18.2 Å². The minimum absolute atomic E-state index is 0.0258. The number of ether oxygens (including phenoxy) is 1. The van der Waals surface area contributed by atoms with Crippen molar-refractivity contribution in [1.82, 2.24) is 4.90 Å². The molecule has 0 aromatic heterocycles. The largest absolute Gasteiger partial charge is 0.497 e. The zero-order chi connectivity index (χ0) is 14.2. The molecule has 0 radical (unpaired) electrons. The van der Waals surface area contributed by atoms with Gasteiger partial charge < -0.3 is 9.64 Å². The van der Waals surface area contributed by atoms with Gasteiger partial charge in [0.2, 0.25) is 0 Å². The SMILES string of the molecule is COc1ccc(N2C(=O)CN(C(C)C)C2=O)c(F)c1. The lowest BCUT2D eigenvalue weighted by Crippen LogP contribution is -2.36. The van der Waals surface area contributed by atoms with E-state index in [9.17, 15) is 14.0 Å². The number of carbonyl (C=O) groups excluding carboxylic acids is 2. The van der Waals surface area contributed by atoms with Gasteiger partial charge >= 0.3 is 6.03 Å². The van der Waals surface area contributed by atoms with Crippen LogP contribution < -0.4 is 9.64 Å². The number of hydrogen-bond acceptors (Lipinski definition) is 3. The number of carbonyl (C=O) groups is 2. The van der Waals surface area contributed by atoms with Gasteiger partial charge in [-0.25, -0.2) is 14.1 Å². The average molecular weight is 266 g/mol. The topological polar surface area (TPSA) is 49.9 Å². The molecule has 0 bridgehead atoms. The van der Waals surface area contributed by atoms with Crippen LogP contribution in [0.25, 0.3) is 0 Å². The molecule has 1 aliphatic rings. The van der Waals surface area contributed by atoms with Gasteiger partial charge in [0.1, 0.15) is 12.3 Å². The average Bonchev–Trinajstić information content (AvgIpc) is 2.65. The summed E-state index contributed by atoms with van der Waals surface area (Å²) in [6.45, 7) is 3.58. The van der Waals surface area contributed by atoms with E-state index in [1.807, 2.05) is 0 Å². The molecule has 19 heavy (non-hydrogen) atoms. The van der Waals surface area contributed by atoms with E-state index in [1.165, 1.54) is 24.1 Å². The molecular weight excluding hydrogens is 251 g/mol. The highest BCUT2D eigenvalue weighted by Gasteiger charge is 2.39. The Labute approximate surface area is 110 Å². The number of nitrogens with zero attached hydrogens (tertiary/aromatic N) is 2. The standard InChI is InChI=1S/C13H15FN2O3/c1-8(2)15-7-12(17)16(13(15)18)11-5-4-9(19-3)6-10(11)14/h4-6,8H,7H2,1-3H3. The summed E-state index contributed by atoms with van der Waals surface area (Å²) in [6, 6.07) is 3.42. The third-order valence-electron chi connectivity index (χ3n) is 3.01. The predicted molar refractivity (Wildman–Crippen MR) is 67.7 cm³/mol. The Morgan fingerprint density at radius 2 is 2.00 bits per heavy atom. The van der Waals surface area contributed by atoms with Gasteiger partial charge in [0.05, 0.1) is 12.8 Å². The molecule has 1 aliphatic heterocycles. The highest BCUT2D eigenvalue weighted by atomic mass is 19.1. The van der Waals surface area contributed by atoms with Crippen molar-refractivity contribution in [2.75, 3.05) is 18.6 Å². The first-order chi connectivity index (χ1) is 8.95. The molecule has 0 N–H and O–H groups in total. The molecule has 1 saturated heterocycles. The van der Waals surface area contributed by atoms with Crippen molar-refractivity contribution in [1.29, 1.82) is 0 Å². The summed E-state index contributed by atoms with van der Waals surface area (Å²) in [5.74, 6) is -0.754. The van der Waals surface area contributed by atoms with E-state index < -0.39 is 17.8 Å². The van der Waals surface area contributed by atoms with Crippen LogP contribution in [0.3, 0.4) is 0 Å². The van der Waals surface area contributed by atoms with Crippen molar-refractivity contribution in [2.24, 2.45) is 0 Å². The first kappa shape index (κ1) is 13.3. The van der Waals surface area contributed by atoms with E-state index in [-0.39, 0.29) is 18.3 Å². The second kappa shape index (κ2) is 4.87. The second-order valence-corrected chi connectivity index (χ2v) is 4.55. The van der Waals surface area contributed by atoms with Crippen LogP contribution in [-0.2, 0) is 4.79 Å². The minimum atomic E-state index is -0.661. The molecule has 0 spiro atoms. The molecule has 2 rings (SSSR count). The molecule has 0 aliphatic carbocycles. The van der Waals surface area contributed by atoms with E-state index in [0.29, 0.717) is 5.75 Å². The molecule has 0 atom stereocenters. The van der Waals surface area contributed by atoms with Crippen LogP contribution in [0.1, 0.15) is 13.8 Å².